The van der Waals surface area contributed by atoms with Gasteiger partial charge in [0.15, 0.2) is 0 Å². The van der Waals surface area contributed by atoms with E-state index in [1.165, 1.54) is 7.11 Å². The summed E-state index contributed by atoms with van der Waals surface area (Å²) in [6.07, 6.45) is 0.205. The van der Waals surface area contributed by atoms with Crippen LogP contribution in [0.1, 0.15) is 15.9 Å². The zero-order valence-corrected chi connectivity index (χ0v) is 9.05. The summed E-state index contributed by atoms with van der Waals surface area (Å²) in [5.74, 6) is -0.183. The second-order valence-electron chi connectivity index (χ2n) is 3.07. The van der Waals surface area contributed by atoms with Gasteiger partial charge in [0.1, 0.15) is 5.75 Å². The molecule has 0 radical (unpaired) electrons. The van der Waals surface area contributed by atoms with E-state index in [2.05, 4.69) is 15.9 Å². The molecule has 4 heteroatoms. The third-order valence-electron chi connectivity index (χ3n) is 2.23. The number of fused-ring (bicyclic) bond motifs is 1. The van der Waals surface area contributed by atoms with Crippen LogP contribution in [0.15, 0.2) is 16.6 Å². The second-order valence-corrected chi connectivity index (χ2v) is 3.93. The summed E-state index contributed by atoms with van der Waals surface area (Å²) in [6, 6.07) is 3.36. The third-order valence-corrected chi connectivity index (χ3v) is 2.85. The highest BCUT2D eigenvalue weighted by Crippen LogP contribution is 2.31. The lowest BCUT2D eigenvalue weighted by Gasteiger charge is -2.04. The molecule has 0 saturated heterocycles. The zero-order chi connectivity index (χ0) is 10.3. The predicted octanol–water partition coefficient (Wildman–Crippen LogP) is 1.77. The van der Waals surface area contributed by atoms with Crippen molar-refractivity contribution in [3.8, 4) is 5.75 Å². The molecule has 72 valence electrons. The van der Waals surface area contributed by atoms with Gasteiger partial charge in [-0.05, 0) is 33.6 Å². The number of methoxy groups -OCH3 is 1. The summed E-state index contributed by atoms with van der Waals surface area (Å²) in [6.45, 7) is 0. The maximum atomic E-state index is 11.4. The smallest absolute Gasteiger partial charge is 0.229 e. The van der Waals surface area contributed by atoms with Crippen LogP contribution in [0.25, 0.3) is 0 Å². The van der Waals surface area contributed by atoms with Crippen LogP contribution >= 0.6 is 15.9 Å². The molecule has 14 heavy (non-hydrogen) atoms. The number of carbonyl (C=O) groups excluding carboxylic acids is 2. The maximum absolute atomic E-state index is 11.4. The van der Waals surface area contributed by atoms with Crippen molar-refractivity contribution in [2.75, 3.05) is 7.11 Å². The Hall–Kier alpha value is -1.16. The number of carbonyl (C=O) groups is 2. The third kappa shape index (κ3) is 1.26. The lowest BCUT2D eigenvalue weighted by Crippen LogP contribution is -2.05. The second kappa shape index (κ2) is 3.20. The Balaban J connectivity index is 2.60. The number of rotatable bonds is 1. The van der Waals surface area contributed by atoms with Crippen molar-refractivity contribution in [1.82, 2.24) is 0 Å². The van der Waals surface area contributed by atoms with E-state index >= 15 is 0 Å². The standard InChI is InChI=1S/C10H7BrO3/c1-14-9-4-6-5(2-7(9)11)3-8(12)10(6)13/h2,4H,3H2,1H3. The van der Waals surface area contributed by atoms with Crippen molar-refractivity contribution < 1.29 is 14.3 Å². The highest BCUT2D eigenvalue weighted by molar-refractivity contribution is 9.10. The molecule has 1 aromatic carbocycles. The summed E-state index contributed by atoms with van der Waals surface area (Å²) >= 11 is 3.30. The normalized spacial score (nSPS) is 14.4. The molecule has 1 aliphatic carbocycles. The number of halogens is 1. The van der Waals surface area contributed by atoms with Crippen molar-refractivity contribution in [3.05, 3.63) is 27.7 Å². The summed E-state index contributed by atoms with van der Waals surface area (Å²) in [5.41, 5.74) is 1.24. The van der Waals surface area contributed by atoms with Gasteiger partial charge in [-0.2, -0.15) is 0 Å². The maximum Gasteiger partial charge on any atom is 0.229 e. The molecule has 1 aromatic rings. The molecule has 0 heterocycles. The van der Waals surface area contributed by atoms with Gasteiger partial charge in [-0.15, -0.1) is 0 Å². The van der Waals surface area contributed by atoms with Gasteiger partial charge < -0.3 is 4.74 Å². The molecule has 0 aromatic heterocycles. The molecule has 0 spiro atoms. The molecular formula is C10H7BrO3. The first-order chi connectivity index (χ1) is 6.63. The molecular weight excluding hydrogens is 248 g/mol. The summed E-state index contributed by atoms with van der Waals surface area (Å²) in [7, 11) is 1.52. The van der Waals surface area contributed by atoms with Crippen LogP contribution in [-0.2, 0) is 11.2 Å². The SMILES string of the molecule is COc1cc2c(cc1Br)CC(=O)C2=O. The van der Waals surface area contributed by atoms with Crippen LogP contribution in [-0.4, -0.2) is 18.7 Å². The first-order valence-corrected chi connectivity index (χ1v) is 4.86. The molecule has 0 fully saturated rings. The van der Waals surface area contributed by atoms with E-state index in [4.69, 9.17) is 4.74 Å². The summed E-state index contributed by atoms with van der Waals surface area (Å²) in [5, 5.41) is 0. The van der Waals surface area contributed by atoms with Gasteiger partial charge in [-0.25, -0.2) is 0 Å². The van der Waals surface area contributed by atoms with E-state index in [9.17, 15) is 9.59 Å². The number of ketones is 2. The minimum Gasteiger partial charge on any atom is -0.496 e. The van der Waals surface area contributed by atoms with Crippen molar-refractivity contribution >= 4 is 27.5 Å². The summed E-state index contributed by atoms with van der Waals surface area (Å²) < 4.78 is 5.81. The van der Waals surface area contributed by atoms with Gasteiger partial charge in [0.25, 0.3) is 0 Å². The largest absolute Gasteiger partial charge is 0.496 e. The Morgan fingerprint density at radius 1 is 1.36 bits per heavy atom. The van der Waals surface area contributed by atoms with Crippen molar-refractivity contribution in [2.24, 2.45) is 0 Å². The average molecular weight is 255 g/mol. The lowest BCUT2D eigenvalue weighted by molar-refractivity contribution is -0.114. The Kier molecular flexibility index (Phi) is 2.15. The van der Waals surface area contributed by atoms with Gasteiger partial charge >= 0.3 is 0 Å². The Labute approximate surface area is 89.2 Å². The molecule has 2 rings (SSSR count). The molecule has 0 N–H and O–H groups in total. The highest BCUT2D eigenvalue weighted by Gasteiger charge is 2.29. The van der Waals surface area contributed by atoms with Crippen LogP contribution in [0.4, 0.5) is 0 Å². The molecule has 0 aliphatic heterocycles. The van der Waals surface area contributed by atoms with Gasteiger partial charge in [-0.3, -0.25) is 9.59 Å². The van der Waals surface area contributed by atoms with Gasteiger partial charge in [0.05, 0.1) is 11.6 Å². The number of ether oxygens (including phenoxy) is 1. The Morgan fingerprint density at radius 3 is 2.71 bits per heavy atom. The van der Waals surface area contributed by atoms with E-state index in [0.29, 0.717) is 11.3 Å². The minimum absolute atomic E-state index is 0.205. The number of hydrogen-bond donors (Lipinski definition) is 0. The van der Waals surface area contributed by atoms with E-state index in [1.54, 1.807) is 12.1 Å². The molecule has 0 amide bonds. The van der Waals surface area contributed by atoms with Gasteiger partial charge in [0.2, 0.25) is 11.6 Å². The average Bonchev–Trinajstić information content (AvgIpc) is 2.41. The lowest BCUT2D eigenvalue weighted by atomic mass is 10.1. The number of hydrogen-bond acceptors (Lipinski definition) is 3. The van der Waals surface area contributed by atoms with Gasteiger partial charge in [-0.1, -0.05) is 0 Å². The van der Waals surface area contributed by atoms with E-state index < -0.39 is 5.78 Å². The quantitative estimate of drug-likeness (QED) is 0.718. The fourth-order valence-corrected chi connectivity index (χ4v) is 2.06. The van der Waals surface area contributed by atoms with Crippen LogP contribution in [0.5, 0.6) is 5.75 Å². The van der Waals surface area contributed by atoms with E-state index in [0.717, 1.165) is 10.0 Å². The van der Waals surface area contributed by atoms with Crippen LogP contribution in [0.3, 0.4) is 0 Å². The fraction of sp³-hybridized carbons (Fsp3) is 0.200. The molecule has 3 nitrogen and oxygen atoms in total. The molecule has 0 bridgehead atoms. The minimum atomic E-state index is -0.411. The molecule has 1 aliphatic rings. The van der Waals surface area contributed by atoms with E-state index in [1.807, 2.05) is 0 Å². The highest BCUT2D eigenvalue weighted by atomic mass is 79.9. The monoisotopic (exact) mass is 254 g/mol. The topological polar surface area (TPSA) is 43.4 Å². The fourth-order valence-electron chi connectivity index (χ4n) is 1.51. The first-order valence-electron chi connectivity index (χ1n) is 4.07. The molecule has 0 unspecified atom stereocenters. The van der Waals surface area contributed by atoms with Crippen molar-refractivity contribution in [2.45, 2.75) is 6.42 Å². The number of Topliss-reactive ketones (excluding diaryl/α,β-unsaturated/α-hetero) is 2. The van der Waals surface area contributed by atoms with E-state index in [-0.39, 0.29) is 12.2 Å². The zero-order valence-electron chi connectivity index (χ0n) is 7.46. The number of benzene rings is 1. The molecule has 0 atom stereocenters. The van der Waals surface area contributed by atoms with Crippen molar-refractivity contribution in [1.29, 1.82) is 0 Å². The Bertz CT molecular complexity index is 437. The van der Waals surface area contributed by atoms with Crippen LogP contribution in [0, 0.1) is 0 Å². The predicted molar refractivity (Wildman–Crippen MR) is 53.7 cm³/mol. The van der Waals surface area contributed by atoms with Crippen LogP contribution < -0.4 is 4.74 Å². The summed E-state index contributed by atoms with van der Waals surface area (Å²) in [4.78, 5) is 22.5. The van der Waals surface area contributed by atoms with Gasteiger partial charge in [0, 0.05) is 12.0 Å². The molecule has 0 saturated carbocycles. The Morgan fingerprint density at radius 2 is 2.07 bits per heavy atom. The van der Waals surface area contributed by atoms with Crippen molar-refractivity contribution in [3.63, 3.8) is 0 Å². The van der Waals surface area contributed by atoms with Crippen LogP contribution in [0.2, 0.25) is 0 Å². The first kappa shape index (κ1) is 9.40.